The summed E-state index contributed by atoms with van der Waals surface area (Å²) in [7, 11) is 0. The zero-order valence-corrected chi connectivity index (χ0v) is 14.3. The molecule has 0 saturated carbocycles. The van der Waals surface area contributed by atoms with Gasteiger partial charge in [0.15, 0.2) is 11.5 Å². The molecule has 1 heterocycles. The molecule has 1 N–H and O–H groups in total. The van der Waals surface area contributed by atoms with Crippen molar-refractivity contribution in [1.29, 1.82) is 0 Å². The minimum Gasteiger partial charge on any atom is -0.451 e. The van der Waals surface area contributed by atoms with Crippen LogP contribution in [0.5, 0.6) is 0 Å². The summed E-state index contributed by atoms with van der Waals surface area (Å²) in [4.78, 5) is 23.8. The number of hydrogen-bond acceptors (Lipinski definition) is 6. The zero-order chi connectivity index (χ0) is 18.6. The second kappa shape index (κ2) is 7.79. The summed E-state index contributed by atoms with van der Waals surface area (Å²) in [5.41, 5.74) is -0.748. The lowest BCUT2D eigenvalue weighted by Crippen LogP contribution is -2.21. The molecule has 0 saturated heterocycles. The minimum absolute atomic E-state index is 0.119. The van der Waals surface area contributed by atoms with Crippen LogP contribution < -0.4 is 5.32 Å². The number of ether oxygens (including phenoxy) is 1. The lowest BCUT2D eigenvalue weighted by Gasteiger charge is -2.11. The van der Waals surface area contributed by atoms with Crippen LogP contribution in [0.1, 0.15) is 27.9 Å². The van der Waals surface area contributed by atoms with Crippen LogP contribution in [0.15, 0.2) is 18.2 Å². The number of carbonyl (C=O) groups is 2. The van der Waals surface area contributed by atoms with Crippen molar-refractivity contribution in [2.45, 2.75) is 19.5 Å². The van der Waals surface area contributed by atoms with E-state index < -0.39 is 35.2 Å². The molecule has 0 aliphatic carbocycles. The van der Waals surface area contributed by atoms with Crippen molar-refractivity contribution in [3.8, 4) is 0 Å². The standard InChI is InChI=1S/C14H11ClF3N3O3S/c1-2-10-12(25-21-20-10)13(23)24-6-11(22)19-7-3-4-9(15)8(5-7)14(16,17)18/h3-5H,2,6H2,1H3,(H,19,22). The number of nitrogens with one attached hydrogen (secondary N) is 1. The molecule has 1 aromatic heterocycles. The smallest absolute Gasteiger partial charge is 0.417 e. The van der Waals surface area contributed by atoms with Crippen molar-refractivity contribution in [3.05, 3.63) is 39.4 Å². The first kappa shape index (κ1) is 19.1. The van der Waals surface area contributed by atoms with Gasteiger partial charge in [0, 0.05) is 5.69 Å². The molecule has 1 aromatic carbocycles. The number of aromatic nitrogens is 2. The molecule has 0 unspecified atom stereocenters. The molecule has 0 aliphatic heterocycles. The minimum atomic E-state index is -4.65. The van der Waals surface area contributed by atoms with Gasteiger partial charge < -0.3 is 10.1 Å². The first-order valence-corrected chi connectivity index (χ1v) is 8.02. The lowest BCUT2D eigenvalue weighted by molar-refractivity contribution is -0.137. The monoisotopic (exact) mass is 393 g/mol. The first-order valence-electron chi connectivity index (χ1n) is 6.87. The maximum absolute atomic E-state index is 12.8. The van der Waals surface area contributed by atoms with Gasteiger partial charge >= 0.3 is 12.1 Å². The van der Waals surface area contributed by atoms with E-state index in [-0.39, 0.29) is 10.6 Å². The number of halogens is 4. The first-order chi connectivity index (χ1) is 11.7. The molecule has 1 amide bonds. The maximum atomic E-state index is 12.8. The molecule has 0 fully saturated rings. The number of hydrogen-bond donors (Lipinski definition) is 1. The van der Waals surface area contributed by atoms with Crippen LogP contribution in [0.25, 0.3) is 0 Å². The molecule has 134 valence electrons. The van der Waals surface area contributed by atoms with Gasteiger partial charge in [-0.1, -0.05) is 23.0 Å². The van der Waals surface area contributed by atoms with Gasteiger partial charge in [0.25, 0.3) is 5.91 Å². The van der Waals surface area contributed by atoms with E-state index in [2.05, 4.69) is 14.9 Å². The SMILES string of the molecule is CCc1nnsc1C(=O)OCC(=O)Nc1ccc(Cl)c(C(F)(F)F)c1. The van der Waals surface area contributed by atoms with Crippen LogP contribution >= 0.6 is 23.1 Å². The average Bonchev–Trinajstić information content (AvgIpc) is 3.02. The fourth-order valence-electron chi connectivity index (χ4n) is 1.81. The molecular formula is C14H11ClF3N3O3S. The number of alkyl halides is 3. The topological polar surface area (TPSA) is 81.2 Å². The Morgan fingerprint density at radius 2 is 2.08 bits per heavy atom. The van der Waals surface area contributed by atoms with Gasteiger partial charge in [-0.15, -0.1) is 5.10 Å². The quantitative estimate of drug-likeness (QED) is 0.785. The van der Waals surface area contributed by atoms with Gasteiger partial charge in [-0.2, -0.15) is 13.2 Å². The van der Waals surface area contributed by atoms with E-state index in [1.165, 1.54) is 6.07 Å². The molecule has 2 aromatic rings. The highest BCUT2D eigenvalue weighted by atomic mass is 35.5. The number of aryl methyl sites for hydroxylation is 1. The summed E-state index contributed by atoms with van der Waals surface area (Å²) in [6, 6.07) is 2.92. The highest BCUT2D eigenvalue weighted by Crippen LogP contribution is 2.36. The van der Waals surface area contributed by atoms with E-state index in [4.69, 9.17) is 16.3 Å². The summed E-state index contributed by atoms with van der Waals surface area (Å²) in [6.07, 6.45) is -4.18. The number of anilines is 1. The Labute approximate surface area is 149 Å². The molecule has 0 atom stereocenters. The molecule has 2 rings (SSSR count). The Bertz CT molecular complexity index is 795. The molecule has 0 aliphatic rings. The van der Waals surface area contributed by atoms with Gasteiger partial charge in [-0.25, -0.2) is 4.79 Å². The van der Waals surface area contributed by atoms with Crippen LogP contribution in [0.2, 0.25) is 5.02 Å². The van der Waals surface area contributed by atoms with E-state index in [1.54, 1.807) is 6.92 Å². The Kier molecular flexibility index (Phi) is 5.96. The Balaban J connectivity index is 1.98. The Morgan fingerprint density at radius 3 is 2.72 bits per heavy atom. The van der Waals surface area contributed by atoms with Gasteiger partial charge in [0.05, 0.1) is 16.3 Å². The molecule has 0 spiro atoms. The van der Waals surface area contributed by atoms with Gasteiger partial charge in [0.2, 0.25) is 0 Å². The summed E-state index contributed by atoms with van der Waals surface area (Å²) >= 11 is 6.33. The number of carbonyl (C=O) groups excluding carboxylic acids is 2. The average molecular weight is 394 g/mol. The fraction of sp³-hybridized carbons (Fsp3) is 0.286. The zero-order valence-electron chi connectivity index (χ0n) is 12.7. The number of amides is 1. The highest BCUT2D eigenvalue weighted by Gasteiger charge is 2.33. The number of nitrogens with zero attached hydrogens (tertiary/aromatic N) is 2. The van der Waals surface area contributed by atoms with Gasteiger partial charge in [-0.3, -0.25) is 4.79 Å². The molecule has 25 heavy (non-hydrogen) atoms. The van der Waals surface area contributed by atoms with E-state index in [1.807, 2.05) is 0 Å². The summed E-state index contributed by atoms with van der Waals surface area (Å²) < 4.78 is 46.8. The molecular weight excluding hydrogens is 383 g/mol. The third-order valence-electron chi connectivity index (χ3n) is 2.97. The van der Waals surface area contributed by atoms with Crippen LogP contribution in [0.3, 0.4) is 0 Å². The predicted octanol–water partition coefficient (Wildman–Crippen LogP) is 3.57. The number of rotatable bonds is 5. The van der Waals surface area contributed by atoms with E-state index in [0.717, 1.165) is 17.6 Å². The Morgan fingerprint density at radius 1 is 1.36 bits per heavy atom. The fourth-order valence-corrected chi connectivity index (χ4v) is 2.68. The molecule has 6 nitrogen and oxygen atoms in total. The van der Waals surface area contributed by atoms with Crippen molar-refractivity contribution in [3.63, 3.8) is 0 Å². The highest BCUT2D eigenvalue weighted by molar-refractivity contribution is 7.07. The largest absolute Gasteiger partial charge is 0.451 e. The second-order valence-corrected chi connectivity index (χ2v) is 5.88. The van der Waals surface area contributed by atoms with Crippen molar-refractivity contribution >= 4 is 40.7 Å². The van der Waals surface area contributed by atoms with Crippen molar-refractivity contribution in [2.24, 2.45) is 0 Å². The number of esters is 1. The number of benzene rings is 1. The van der Waals surface area contributed by atoms with Crippen LogP contribution in [0, 0.1) is 0 Å². The summed E-state index contributed by atoms with van der Waals surface area (Å²) in [6.45, 7) is 1.11. The van der Waals surface area contributed by atoms with Crippen LogP contribution in [-0.2, 0) is 22.1 Å². The van der Waals surface area contributed by atoms with E-state index in [9.17, 15) is 22.8 Å². The van der Waals surface area contributed by atoms with Crippen molar-refractivity contribution in [1.82, 2.24) is 9.59 Å². The van der Waals surface area contributed by atoms with Gasteiger partial charge in [-0.05, 0) is 36.2 Å². The van der Waals surface area contributed by atoms with Crippen molar-refractivity contribution in [2.75, 3.05) is 11.9 Å². The Hall–Kier alpha value is -2.20. The maximum Gasteiger partial charge on any atom is 0.417 e. The normalized spacial score (nSPS) is 11.2. The summed E-state index contributed by atoms with van der Waals surface area (Å²) in [5, 5.41) is 5.46. The molecule has 0 radical (unpaired) electrons. The van der Waals surface area contributed by atoms with Crippen molar-refractivity contribution < 1.29 is 27.5 Å². The molecule has 11 heteroatoms. The van der Waals surface area contributed by atoms with E-state index in [0.29, 0.717) is 18.2 Å². The lowest BCUT2D eigenvalue weighted by atomic mass is 10.2. The van der Waals surface area contributed by atoms with Gasteiger partial charge in [0.1, 0.15) is 0 Å². The summed E-state index contributed by atoms with van der Waals surface area (Å²) in [5.74, 6) is -1.56. The van der Waals surface area contributed by atoms with Crippen LogP contribution in [-0.4, -0.2) is 28.1 Å². The predicted molar refractivity (Wildman–Crippen MR) is 84.7 cm³/mol. The third kappa shape index (κ3) is 4.89. The van der Waals surface area contributed by atoms with Crippen LogP contribution in [0.4, 0.5) is 18.9 Å². The second-order valence-electron chi connectivity index (χ2n) is 4.72. The molecule has 0 bridgehead atoms. The third-order valence-corrected chi connectivity index (χ3v) is 4.04. The van der Waals surface area contributed by atoms with E-state index >= 15 is 0 Å².